The summed E-state index contributed by atoms with van der Waals surface area (Å²) < 4.78 is 15.1. The van der Waals surface area contributed by atoms with Gasteiger partial charge in [-0.2, -0.15) is 0 Å². The highest BCUT2D eigenvalue weighted by Gasteiger charge is 2.13. The van der Waals surface area contributed by atoms with Gasteiger partial charge in [0.2, 0.25) is 5.95 Å². The molecule has 0 atom stereocenters. The normalized spacial score (nSPS) is 10.3. The number of hydrogen-bond acceptors (Lipinski definition) is 3. The van der Waals surface area contributed by atoms with Crippen molar-refractivity contribution in [2.24, 2.45) is 7.05 Å². The second-order valence-electron chi connectivity index (χ2n) is 3.70. The number of carbonyl (C=O) groups is 1. The quantitative estimate of drug-likeness (QED) is 0.856. The SMILES string of the molecule is Cc1ccc(C(=O)Nc2nncn2C)c(F)c1. The maximum atomic E-state index is 13.5. The van der Waals surface area contributed by atoms with Crippen LogP contribution in [0.15, 0.2) is 24.5 Å². The van der Waals surface area contributed by atoms with Crippen LogP contribution in [-0.2, 0) is 7.05 Å². The highest BCUT2D eigenvalue weighted by atomic mass is 19.1. The average Bonchev–Trinajstić information content (AvgIpc) is 2.64. The molecule has 0 unspecified atom stereocenters. The van der Waals surface area contributed by atoms with Crippen molar-refractivity contribution in [3.8, 4) is 0 Å². The molecule has 1 aromatic carbocycles. The smallest absolute Gasteiger partial charge is 0.260 e. The summed E-state index contributed by atoms with van der Waals surface area (Å²) in [6, 6.07) is 4.43. The van der Waals surface area contributed by atoms with Gasteiger partial charge in [0.1, 0.15) is 12.1 Å². The molecule has 5 nitrogen and oxygen atoms in total. The van der Waals surface area contributed by atoms with Gasteiger partial charge in [-0.1, -0.05) is 6.07 Å². The molecule has 1 amide bonds. The summed E-state index contributed by atoms with van der Waals surface area (Å²) in [6.07, 6.45) is 1.45. The van der Waals surface area contributed by atoms with Crippen LogP contribution in [0.3, 0.4) is 0 Å². The molecule has 0 aliphatic heterocycles. The maximum Gasteiger partial charge on any atom is 0.260 e. The van der Waals surface area contributed by atoms with E-state index in [-0.39, 0.29) is 11.5 Å². The van der Waals surface area contributed by atoms with Crippen molar-refractivity contribution >= 4 is 11.9 Å². The fourth-order valence-corrected chi connectivity index (χ4v) is 1.37. The Hall–Kier alpha value is -2.24. The molecule has 0 aliphatic rings. The van der Waals surface area contributed by atoms with Gasteiger partial charge in [-0.15, -0.1) is 10.2 Å². The van der Waals surface area contributed by atoms with Gasteiger partial charge in [-0.05, 0) is 24.6 Å². The Balaban J connectivity index is 2.23. The molecule has 2 aromatic rings. The topological polar surface area (TPSA) is 59.8 Å². The maximum absolute atomic E-state index is 13.5. The van der Waals surface area contributed by atoms with Crippen molar-refractivity contribution in [2.45, 2.75) is 6.92 Å². The van der Waals surface area contributed by atoms with Gasteiger partial charge >= 0.3 is 0 Å². The number of nitrogens with zero attached hydrogens (tertiary/aromatic N) is 3. The number of aromatic nitrogens is 3. The van der Waals surface area contributed by atoms with E-state index < -0.39 is 11.7 Å². The average molecular weight is 234 g/mol. The van der Waals surface area contributed by atoms with E-state index in [9.17, 15) is 9.18 Å². The van der Waals surface area contributed by atoms with Gasteiger partial charge in [0.15, 0.2) is 0 Å². The molecule has 1 N–H and O–H groups in total. The van der Waals surface area contributed by atoms with E-state index in [4.69, 9.17) is 0 Å². The minimum absolute atomic E-state index is 0.0152. The molecule has 0 saturated carbocycles. The Labute approximate surface area is 97.3 Å². The van der Waals surface area contributed by atoms with Crippen LogP contribution in [0.2, 0.25) is 0 Å². The van der Waals surface area contributed by atoms with E-state index in [1.165, 1.54) is 23.0 Å². The molecule has 6 heteroatoms. The van der Waals surface area contributed by atoms with Gasteiger partial charge in [0.05, 0.1) is 5.56 Å². The predicted octanol–water partition coefficient (Wildman–Crippen LogP) is 1.51. The van der Waals surface area contributed by atoms with Crippen molar-refractivity contribution in [1.82, 2.24) is 14.8 Å². The van der Waals surface area contributed by atoms with Crippen LogP contribution in [0.1, 0.15) is 15.9 Å². The number of carbonyl (C=O) groups excluding carboxylic acids is 1. The Morgan fingerprint density at radius 2 is 2.24 bits per heavy atom. The van der Waals surface area contributed by atoms with Gasteiger partial charge in [0, 0.05) is 7.05 Å². The molecule has 0 spiro atoms. The summed E-state index contributed by atoms with van der Waals surface area (Å²) in [4.78, 5) is 11.8. The largest absolute Gasteiger partial charge is 0.303 e. The van der Waals surface area contributed by atoms with Crippen molar-refractivity contribution in [3.05, 3.63) is 41.5 Å². The van der Waals surface area contributed by atoms with Gasteiger partial charge < -0.3 is 4.57 Å². The van der Waals surface area contributed by atoms with E-state index in [0.29, 0.717) is 0 Å². The highest BCUT2D eigenvalue weighted by Crippen LogP contribution is 2.11. The van der Waals surface area contributed by atoms with Crippen molar-refractivity contribution in [1.29, 1.82) is 0 Å². The molecule has 88 valence electrons. The fraction of sp³-hybridized carbons (Fsp3) is 0.182. The molecular weight excluding hydrogens is 223 g/mol. The summed E-state index contributed by atoms with van der Waals surface area (Å²) >= 11 is 0. The van der Waals surface area contributed by atoms with Crippen LogP contribution < -0.4 is 5.32 Å². The predicted molar refractivity (Wildman–Crippen MR) is 60.1 cm³/mol. The highest BCUT2D eigenvalue weighted by molar-refractivity contribution is 6.03. The zero-order valence-corrected chi connectivity index (χ0v) is 9.44. The molecular formula is C11H11FN4O. The molecule has 0 aliphatic carbocycles. The number of nitrogens with one attached hydrogen (secondary N) is 1. The summed E-state index contributed by atoms with van der Waals surface area (Å²) in [6.45, 7) is 1.76. The first-order valence-corrected chi connectivity index (χ1v) is 4.99. The number of benzene rings is 1. The van der Waals surface area contributed by atoms with E-state index in [1.807, 2.05) is 0 Å². The Bertz CT molecular complexity index is 564. The zero-order chi connectivity index (χ0) is 12.4. The number of rotatable bonds is 2. The van der Waals surface area contributed by atoms with Gasteiger partial charge in [-0.3, -0.25) is 10.1 Å². The van der Waals surface area contributed by atoms with Crippen LogP contribution in [0.25, 0.3) is 0 Å². The van der Waals surface area contributed by atoms with Crippen LogP contribution in [0, 0.1) is 12.7 Å². The first-order valence-electron chi connectivity index (χ1n) is 4.99. The van der Waals surface area contributed by atoms with Crippen LogP contribution >= 0.6 is 0 Å². The first-order chi connectivity index (χ1) is 8.08. The van der Waals surface area contributed by atoms with Gasteiger partial charge in [0.25, 0.3) is 5.91 Å². The second-order valence-corrected chi connectivity index (χ2v) is 3.70. The minimum atomic E-state index is -0.551. The summed E-state index contributed by atoms with van der Waals surface area (Å²) in [5, 5.41) is 9.77. The molecule has 0 radical (unpaired) electrons. The number of amides is 1. The second kappa shape index (κ2) is 4.32. The monoisotopic (exact) mass is 234 g/mol. The number of halogens is 1. The molecule has 2 rings (SSSR count). The molecule has 1 aromatic heterocycles. The molecule has 17 heavy (non-hydrogen) atoms. The lowest BCUT2D eigenvalue weighted by Crippen LogP contribution is -2.16. The lowest BCUT2D eigenvalue weighted by atomic mass is 10.1. The molecule has 1 heterocycles. The Morgan fingerprint density at radius 3 is 2.82 bits per heavy atom. The third-order valence-corrected chi connectivity index (χ3v) is 2.31. The first kappa shape index (κ1) is 11.3. The van der Waals surface area contributed by atoms with Gasteiger partial charge in [-0.25, -0.2) is 4.39 Å². The molecule has 0 saturated heterocycles. The molecule has 0 bridgehead atoms. The van der Waals surface area contributed by atoms with Crippen molar-refractivity contribution < 1.29 is 9.18 Å². The third-order valence-electron chi connectivity index (χ3n) is 2.31. The summed E-state index contributed by atoms with van der Waals surface area (Å²) in [7, 11) is 1.68. The van der Waals surface area contributed by atoms with E-state index in [0.717, 1.165) is 5.56 Å². The van der Waals surface area contributed by atoms with Crippen molar-refractivity contribution in [2.75, 3.05) is 5.32 Å². The summed E-state index contributed by atoms with van der Waals surface area (Å²) in [5.41, 5.74) is 0.747. The Kier molecular flexibility index (Phi) is 2.86. The minimum Gasteiger partial charge on any atom is -0.303 e. The standard InChI is InChI=1S/C11H11FN4O/c1-7-3-4-8(9(12)5-7)10(17)14-11-15-13-6-16(11)2/h3-6H,1-2H3,(H,14,15,17). The third kappa shape index (κ3) is 2.30. The lowest BCUT2D eigenvalue weighted by molar-refractivity contribution is 0.102. The number of aryl methyl sites for hydroxylation is 2. The number of anilines is 1. The van der Waals surface area contributed by atoms with Crippen molar-refractivity contribution in [3.63, 3.8) is 0 Å². The lowest BCUT2D eigenvalue weighted by Gasteiger charge is -2.05. The van der Waals surface area contributed by atoms with Crippen LogP contribution in [0.5, 0.6) is 0 Å². The number of hydrogen-bond donors (Lipinski definition) is 1. The Morgan fingerprint density at radius 1 is 1.47 bits per heavy atom. The zero-order valence-electron chi connectivity index (χ0n) is 9.44. The van der Waals surface area contributed by atoms with E-state index >= 15 is 0 Å². The van der Waals surface area contributed by atoms with Crippen LogP contribution in [0.4, 0.5) is 10.3 Å². The van der Waals surface area contributed by atoms with E-state index in [2.05, 4.69) is 15.5 Å². The van der Waals surface area contributed by atoms with Crippen LogP contribution in [-0.4, -0.2) is 20.7 Å². The van der Waals surface area contributed by atoms with E-state index in [1.54, 1.807) is 20.0 Å². The molecule has 0 fully saturated rings. The fourth-order valence-electron chi connectivity index (χ4n) is 1.37. The summed E-state index contributed by atoms with van der Waals surface area (Å²) in [5.74, 6) is -0.821.